The lowest BCUT2D eigenvalue weighted by molar-refractivity contribution is 0.170. The minimum Gasteiger partial charge on any atom is -0.388 e. The fourth-order valence-electron chi connectivity index (χ4n) is 1.66. The summed E-state index contributed by atoms with van der Waals surface area (Å²) in [6, 6.07) is 9.53. The van der Waals surface area contributed by atoms with Gasteiger partial charge in [-0.3, -0.25) is 0 Å². The summed E-state index contributed by atoms with van der Waals surface area (Å²) in [4.78, 5) is 4.24. The second-order valence-electron chi connectivity index (χ2n) is 3.65. The van der Waals surface area contributed by atoms with Gasteiger partial charge in [0.1, 0.15) is 5.15 Å². The molecule has 3 nitrogen and oxygen atoms in total. The van der Waals surface area contributed by atoms with Gasteiger partial charge in [0.05, 0.1) is 11.6 Å². The van der Waals surface area contributed by atoms with Crippen LogP contribution in [0.4, 0.5) is 0 Å². The first kappa shape index (κ1) is 11.3. The standard InChI is InChI=1S/C12H13ClN2O/c13-12-9(11(16)5-6-14)7-8-3-1-2-4-10(8)15-12/h1-4,7,11,16H,5-6,14H2/t11-/m1/s1. The molecule has 1 aromatic carbocycles. The summed E-state index contributed by atoms with van der Waals surface area (Å²) in [6.07, 6.45) is -0.158. The van der Waals surface area contributed by atoms with Crippen LogP contribution in [0.5, 0.6) is 0 Å². The number of aliphatic hydroxyl groups is 1. The minimum atomic E-state index is -0.644. The van der Waals surface area contributed by atoms with Crippen molar-refractivity contribution in [3.63, 3.8) is 0 Å². The number of para-hydroxylation sites is 1. The Balaban J connectivity index is 2.49. The van der Waals surface area contributed by atoms with E-state index in [9.17, 15) is 5.11 Å². The van der Waals surface area contributed by atoms with E-state index in [1.54, 1.807) is 0 Å². The number of hydrogen-bond donors (Lipinski definition) is 2. The Morgan fingerprint density at radius 3 is 2.88 bits per heavy atom. The Kier molecular flexibility index (Phi) is 3.39. The van der Waals surface area contributed by atoms with Gasteiger partial charge >= 0.3 is 0 Å². The third-order valence-electron chi connectivity index (χ3n) is 2.50. The van der Waals surface area contributed by atoms with Gasteiger partial charge in [-0.1, -0.05) is 29.8 Å². The molecule has 84 valence electrons. The summed E-state index contributed by atoms with van der Waals surface area (Å²) in [6.45, 7) is 0.421. The average molecular weight is 237 g/mol. The number of nitrogens with two attached hydrogens (primary N) is 1. The van der Waals surface area contributed by atoms with Gasteiger partial charge in [0.15, 0.2) is 0 Å². The Bertz CT molecular complexity index is 501. The highest BCUT2D eigenvalue weighted by atomic mass is 35.5. The monoisotopic (exact) mass is 236 g/mol. The molecule has 1 heterocycles. The van der Waals surface area contributed by atoms with Gasteiger partial charge in [-0.25, -0.2) is 4.98 Å². The van der Waals surface area contributed by atoms with Crippen molar-refractivity contribution in [1.82, 2.24) is 4.98 Å². The number of nitrogens with zero attached hydrogens (tertiary/aromatic N) is 1. The summed E-state index contributed by atoms with van der Waals surface area (Å²) >= 11 is 6.02. The molecule has 0 aliphatic rings. The van der Waals surface area contributed by atoms with Gasteiger partial charge in [0, 0.05) is 10.9 Å². The second-order valence-corrected chi connectivity index (χ2v) is 4.01. The molecular weight excluding hydrogens is 224 g/mol. The predicted molar refractivity (Wildman–Crippen MR) is 65.4 cm³/mol. The lowest BCUT2D eigenvalue weighted by atomic mass is 10.1. The van der Waals surface area contributed by atoms with Crippen LogP contribution in [0.1, 0.15) is 18.1 Å². The molecule has 0 radical (unpaired) electrons. The van der Waals surface area contributed by atoms with Crippen molar-refractivity contribution < 1.29 is 5.11 Å². The van der Waals surface area contributed by atoms with Gasteiger partial charge < -0.3 is 10.8 Å². The molecule has 0 aliphatic heterocycles. The number of rotatable bonds is 3. The van der Waals surface area contributed by atoms with Crippen LogP contribution < -0.4 is 5.73 Å². The number of benzene rings is 1. The first-order valence-electron chi connectivity index (χ1n) is 5.15. The number of halogens is 1. The van der Waals surface area contributed by atoms with Crippen molar-refractivity contribution in [2.45, 2.75) is 12.5 Å². The molecule has 0 aliphatic carbocycles. The number of aromatic nitrogens is 1. The second kappa shape index (κ2) is 4.78. The van der Waals surface area contributed by atoms with E-state index in [1.165, 1.54) is 0 Å². The quantitative estimate of drug-likeness (QED) is 0.804. The Morgan fingerprint density at radius 1 is 1.38 bits per heavy atom. The maximum absolute atomic E-state index is 9.86. The van der Waals surface area contributed by atoms with Crippen molar-refractivity contribution in [1.29, 1.82) is 0 Å². The van der Waals surface area contributed by atoms with Crippen LogP contribution in [0.15, 0.2) is 30.3 Å². The van der Waals surface area contributed by atoms with Crippen LogP contribution in [0.2, 0.25) is 5.15 Å². The Labute approximate surface area is 98.9 Å². The normalized spacial score (nSPS) is 12.9. The zero-order valence-corrected chi connectivity index (χ0v) is 9.48. The Hall–Kier alpha value is -1.16. The fraction of sp³-hybridized carbons (Fsp3) is 0.250. The molecule has 0 spiro atoms. The van der Waals surface area contributed by atoms with E-state index in [1.807, 2.05) is 30.3 Å². The molecule has 2 aromatic rings. The van der Waals surface area contributed by atoms with Gasteiger partial charge in [-0.05, 0) is 25.1 Å². The zero-order chi connectivity index (χ0) is 11.5. The molecule has 0 unspecified atom stereocenters. The highest BCUT2D eigenvalue weighted by Gasteiger charge is 2.12. The summed E-state index contributed by atoms with van der Waals surface area (Å²) in [5.74, 6) is 0. The molecule has 2 rings (SSSR count). The van der Waals surface area contributed by atoms with E-state index in [-0.39, 0.29) is 0 Å². The summed E-state index contributed by atoms with van der Waals surface area (Å²) in [5.41, 5.74) is 6.88. The largest absolute Gasteiger partial charge is 0.388 e. The fourth-order valence-corrected chi connectivity index (χ4v) is 1.93. The number of fused-ring (bicyclic) bond motifs is 1. The molecule has 1 atom stereocenters. The third-order valence-corrected chi connectivity index (χ3v) is 2.81. The van der Waals surface area contributed by atoms with Crippen LogP contribution >= 0.6 is 11.6 Å². The third kappa shape index (κ3) is 2.16. The molecular formula is C12H13ClN2O. The molecule has 1 aromatic heterocycles. The number of pyridine rings is 1. The van der Waals surface area contributed by atoms with Crippen LogP contribution in [0.25, 0.3) is 10.9 Å². The average Bonchev–Trinajstić information content (AvgIpc) is 2.28. The van der Waals surface area contributed by atoms with E-state index >= 15 is 0 Å². The van der Waals surface area contributed by atoms with E-state index in [0.29, 0.717) is 23.7 Å². The number of aliphatic hydroxyl groups excluding tert-OH is 1. The van der Waals surface area contributed by atoms with Gasteiger partial charge in [0.2, 0.25) is 0 Å². The van der Waals surface area contributed by atoms with Crippen LogP contribution in [-0.2, 0) is 0 Å². The van der Waals surface area contributed by atoms with Gasteiger partial charge in [-0.2, -0.15) is 0 Å². The molecule has 0 saturated heterocycles. The first-order chi connectivity index (χ1) is 7.72. The highest BCUT2D eigenvalue weighted by molar-refractivity contribution is 6.30. The lowest BCUT2D eigenvalue weighted by Crippen LogP contribution is -2.07. The minimum absolute atomic E-state index is 0.347. The van der Waals surface area contributed by atoms with E-state index in [2.05, 4.69) is 4.98 Å². The van der Waals surface area contributed by atoms with Gasteiger partial charge in [0.25, 0.3) is 0 Å². The lowest BCUT2D eigenvalue weighted by Gasteiger charge is -2.11. The van der Waals surface area contributed by atoms with Crippen LogP contribution in [0, 0.1) is 0 Å². The number of hydrogen-bond acceptors (Lipinski definition) is 3. The van der Waals surface area contributed by atoms with Crippen molar-refractivity contribution in [3.05, 3.63) is 41.0 Å². The van der Waals surface area contributed by atoms with E-state index < -0.39 is 6.10 Å². The van der Waals surface area contributed by atoms with Crippen molar-refractivity contribution in [3.8, 4) is 0 Å². The molecule has 4 heteroatoms. The van der Waals surface area contributed by atoms with Gasteiger partial charge in [-0.15, -0.1) is 0 Å². The summed E-state index contributed by atoms with van der Waals surface area (Å²) in [5, 5.41) is 11.2. The van der Waals surface area contributed by atoms with Crippen LogP contribution in [-0.4, -0.2) is 16.6 Å². The molecule has 0 amide bonds. The molecule has 0 bridgehead atoms. The van der Waals surface area contributed by atoms with Crippen molar-refractivity contribution in [2.75, 3.05) is 6.54 Å². The summed E-state index contributed by atoms with van der Waals surface area (Å²) in [7, 11) is 0. The predicted octanol–water partition coefficient (Wildman–Crippen LogP) is 2.27. The SMILES string of the molecule is NCC[C@@H](O)c1cc2ccccc2nc1Cl. The smallest absolute Gasteiger partial charge is 0.135 e. The van der Waals surface area contributed by atoms with Crippen molar-refractivity contribution >= 4 is 22.5 Å². The first-order valence-corrected chi connectivity index (χ1v) is 5.53. The zero-order valence-electron chi connectivity index (χ0n) is 8.73. The molecule has 16 heavy (non-hydrogen) atoms. The summed E-state index contributed by atoms with van der Waals surface area (Å²) < 4.78 is 0. The molecule has 3 N–H and O–H groups in total. The Morgan fingerprint density at radius 2 is 2.12 bits per heavy atom. The maximum Gasteiger partial charge on any atom is 0.135 e. The van der Waals surface area contributed by atoms with E-state index in [4.69, 9.17) is 17.3 Å². The van der Waals surface area contributed by atoms with E-state index in [0.717, 1.165) is 10.9 Å². The van der Waals surface area contributed by atoms with Crippen molar-refractivity contribution in [2.24, 2.45) is 5.73 Å². The van der Waals surface area contributed by atoms with Crippen LogP contribution in [0.3, 0.4) is 0 Å². The molecule has 0 saturated carbocycles. The maximum atomic E-state index is 9.86. The molecule has 0 fully saturated rings. The topological polar surface area (TPSA) is 59.1 Å². The highest BCUT2D eigenvalue weighted by Crippen LogP contribution is 2.26.